The number of ketones is 1. The van der Waals surface area contributed by atoms with Crippen molar-refractivity contribution in [3.63, 3.8) is 0 Å². The molecule has 1 saturated heterocycles. The maximum Gasteiger partial charge on any atom is 0.300 e. The van der Waals surface area contributed by atoms with E-state index in [0.29, 0.717) is 23.8 Å². The van der Waals surface area contributed by atoms with Gasteiger partial charge in [-0.15, -0.1) is 0 Å². The number of hydrogen-bond acceptors (Lipinski definition) is 4. The molecule has 1 amide bonds. The molecule has 3 aromatic carbocycles. The van der Waals surface area contributed by atoms with Crippen molar-refractivity contribution in [2.24, 2.45) is 13.0 Å². The van der Waals surface area contributed by atoms with E-state index in [-0.39, 0.29) is 11.3 Å². The number of Topliss-reactive ketones (excluding diaryl/α,β-unsaturated/α-hetero) is 1. The Bertz CT molecular complexity index is 1620. The molecular formula is C33H34N2O4. The number of anilines is 1. The van der Waals surface area contributed by atoms with Crippen molar-refractivity contribution >= 4 is 34.0 Å². The molecule has 5 rings (SSSR count). The van der Waals surface area contributed by atoms with Gasteiger partial charge >= 0.3 is 0 Å². The summed E-state index contributed by atoms with van der Waals surface area (Å²) in [7, 11) is 1.94. The van der Waals surface area contributed by atoms with Gasteiger partial charge in [0.2, 0.25) is 0 Å². The number of fused-ring (bicyclic) bond motifs is 1. The number of aromatic nitrogens is 1. The lowest BCUT2D eigenvalue weighted by Gasteiger charge is -2.26. The van der Waals surface area contributed by atoms with Crippen molar-refractivity contribution in [2.75, 3.05) is 11.5 Å². The van der Waals surface area contributed by atoms with E-state index in [0.717, 1.165) is 38.9 Å². The molecule has 0 bridgehead atoms. The van der Waals surface area contributed by atoms with E-state index in [1.165, 1.54) is 4.90 Å². The second-order valence-corrected chi connectivity index (χ2v) is 10.9. The molecule has 1 fully saturated rings. The molecule has 1 N–H and O–H groups in total. The van der Waals surface area contributed by atoms with Crippen molar-refractivity contribution in [3.8, 4) is 5.75 Å². The molecule has 0 radical (unpaired) electrons. The molecule has 6 nitrogen and oxygen atoms in total. The number of aliphatic hydroxyl groups excluding tert-OH is 1. The number of carbonyl (C=O) groups excluding carboxylic acids is 2. The zero-order valence-electron chi connectivity index (χ0n) is 23.3. The average Bonchev–Trinajstić information content (AvgIpc) is 3.35. The summed E-state index contributed by atoms with van der Waals surface area (Å²) in [6, 6.07) is 18.3. The highest BCUT2D eigenvalue weighted by atomic mass is 16.5. The molecule has 200 valence electrons. The number of benzene rings is 3. The number of aryl methyl sites for hydroxylation is 4. The number of carbonyl (C=O) groups is 2. The molecule has 2 heterocycles. The van der Waals surface area contributed by atoms with Gasteiger partial charge in [-0.25, -0.2) is 0 Å². The lowest BCUT2D eigenvalue weighted by atomic mass is 9.94. The summed E-state index contributed by atoms with van der Waals surface area (Å²) in [4.78, 5) is 28.9. The number of amides is 1. The minimum absolute atomic E-state index is 0.0748. The van der Waals surface area contributed by atoms with Crippen LogP contribution in [-0.2, 0) is 16.6 Å². The van der Waals surface area contributed by atoms with Gasteiger partial charge in [0, 0.05) is 41.0 Å². The second kappa shape index (κ2) is 10.1. The quantitative estimate of drug-likeness (QED) is 0.172. The zero-order valence-corrected chi connectivity index (χ0v) is 23.3. The lowest BCUT2D eigenvalue weighted by Crippen LogP contribution is -2.29. The smallest absolute Gasteiger partial charge is 0.300 e. The lowest BCUT2D eigenvalue weighted by molar-refractivity contribution is -0.132. The summed E-state index contributed by atoms with van der Waals surface area (Å²) < 4.78 is 7.89. The van der Waals surface area contributed by atoms with Crippen molar-refractivity contribution in [3.05, 3.63) is 100 Å². The van der Waals surface area contributed by atoms with Crippen LogP contribution < -0.4 is 9.64 Å². The molecule has 1 atom stereocenters. The minimum atomic E-state index is -0.797. The van der Waals surface area contributed by atoms with Crippen LogP contribution in [-0.4, -0.2) is 28.0 Å². The maximum absolute atomic E-state index is 13.7. The topological polar surface area (TPSA) is 71.8 Å². The third-order valence-corrected chi connectivity index (χ3v) is 7.17. The molecule has 1 unspecified atom stereocenters. The van der Waals surface area contributed by atoms with Gasteiger partial charge in [0.15, 0.2) is 0 Å². The number of para-hydroxylation sites is 1. The SMILES string of the molecule is Cc1cc(C)cc(N2C(=O)C(=O)/C(=C(/O)c3ccc(OCC(C)C)c(C)c3)C2c2cn(C)c3ccccc23)c1. The summed E-state index contributed by atoms with van der Waals surface area (Å²) in [5.74, 6) is -0.465. The van der Waals surface area contributed by atoms with Crippen molar-refractivity contribution < 1.29 is 19.4 Å². The standard InChI is InChI=1S/C33H34N2O4/c1-19(2)18-39-28-12-11-23(16-22(28)5)31(36)29-30(26-17-34(6)27-10-8-7-9-25(26)27)35(33(38)32(29)37)24-14-20(3)13-21(4)15-24/h7-17,19,30,36H,18H2,1-6H3/b31-29+. The first kappa shape index (κ1) is 26.3. The predicted octanol–water partition coefficient (Wildman–Crippen LogP) is 6.76. The molecule has 0 aliphatic carbocycles. The van der Waals surface area contributed by atoms with Crippen LogP contribution in [0, 0.1) is 26.7 Å². The maximum atomic E-state index is 13.7. The Balaban J connectivity index is 1.72. The van der Waals surface area contributed by atoms with Gasteiger partial charge in [-0.3, -0.25) is 14.5 Å². The van der Waals surface area contributed by atoms with Gasteiger partial charge in [0.05, 0.1) is 18.2 Å². The molecule has 4 aromatic rings. The van der Waals surface area contributed by atoms with Gasteiger partial charge in [0.25, 0.3) is 11.7 Å². The first-order chi connectivity index (χ1) is 18.6. The molecule has 39 heavy (non-hydrogen) atoms. The Kier molecular flexibility index (Phi) is 6.81. The van der Waals surface area contributed by atoms with Crippen LogP contribution >= 0.6 is 0 Å². The number of rotatable bonds is 6. The summed E-state index contributed by atoms with van der Waals surface area (Å²) in [5, 5.41) is 12.6. The zero-order chi connectivity index (χ0) is 28.0. The van der Waals surface area contributed by atoms with Crippen molar-refractivity contribution in [1.29, 1.82) is 0 Å². The Morgan fingerprint density at radius 3 is 2.33 bits per heavy atom. The summed E-state index contributed by atoms with van der Waals surface area (Å²) in [5.41, 5.74) is 5.72. The highest BCUT2D eigenvalue weighted by molar-refractivity contribution is 6.52. The Hall–Kier alpha value is -4.32. The third kappa shape index (κ3) is 4.71. The molecule has 1 aliphatic rings. The molecule has 1 aromatic heterocycles. The van der Waals surface area contributed by atoms with Crippen LogP contribution in [0.4, 0.5) is 5.69 Å². The van der Waals surface area contributed by atoms with E-state index < -0.39 is 17.7 Å². The molecule has 0 spiro atoms. The molecule has 0 saturated carbocycles. The van der Waals surface area contributed by atoms with E-state index in [4.69, 9.17) is 4.74 Å². The summed E-state index contributed by atoms with van der Waals surface area (Å²) >= 11 is 0. The highest BCUT2D eigenvalue weighted by Crippen LogP contribution is 2.45. The van der Waals surface area contributed by atoms with E-state index in [2.05, 4.69) is 13.8 Å². The van der Waals surface area contributed by atoms with Crippen LogP contribution in [0.3, 0.4) is 0 Å². The normalized spacial score (nSPS) is 17.0. The number of ether oxygens (including phenoxy) is 1. The minimum Gasteiger partial charge on any atom is -0.507 e. The Labute approximate surface area is 229 Å². The second-order valence-electron chi connectivity index (χ2n) is 10.9. The fourth-order valence-corrected chi connectivity index (χ4v) is 5.44. The van der Waals surface area contributed by atoms with E-state index in [1.807, 2.05) is 81.0 Å². The summed E-state index contributed by atoms with van der Waals surface area (Å²) in [6.45, 7) is 10.6. The Morgan fingerprint density at radius 2 is 1.67 bits per heavy atom. The van der Waals surface area contributed by atoms with Crippen LogP contribution in [0.15, 0.2) is 72.4 Å². The molecule has 6 heteroatoms. The average molecular weight is 523 g/mol. The van der Waals surface area contributed by atoms with Crippen molar-refractivity contribution in [2.45, 2.75) is 40.7 Å². The van der Waals surface area contributed by atoms with Gasteiger partial charge < -0.3 is 14.4 Å². The third-order valence-electron chi connectivity index (χ3n) is 7.17. The van der Waals surface area contributed by atoms with Crippen LogP contribution in [0.25, 0.3) is 16.7 Å². The summed E-state index contributed by atoms with van der Waals surface area (Å²) in [6.07, 6.45) is 1.94. The van der Waals surface area contributed by atoms with Gasteiger partial charge in [0.1, 0.15) is 11.5 Å². The predicted molar refractivity (Wildman–Crippen MR) is 155 cm³/mol. The largest absolute Gasteiger partial charge is 0.507 e. The molecular weight excluding hydrogens is 488 g/mol. The molecule has 1 aliphatic heterocycles. The fraction of sp³-hybridized carbons (Fsp3) is 0.273. The van der Waals surface area contributed by atoms with Gasteiger partial charge in [-0.1, -0.05) is 38.1 Å². The van der Waals surface area contributed by atoms with Crippen molar-refractivity contribution in [1.82, 2.24) is 4.57 Å². The van der Waals surface area contributed by atoms with Gasteiger partial charge in [-0.05, 0) is 79.8 Å². The van der Waals surface area contributed by atoms with Crippen LogP contribution in [0.5, 0.6) is 5.75 Å². The number of aliphatic hydroxyl groups is 1. The van der Waals surface area contributed by atoms with Crippen LogP contribution in [0.2, 0.25) is 0 Å². The monoisotopic (exact) mass is 522 g/mol. The first-order valence-electron chi connectivity index (χ1n) is 13.2. The van der Waals surface area contributed by atoms with Gasteiger partial charge in [-0.2, -0.15) is 0 Å². The number of nitrogens with zero attached hydrogens (tertiary/aromatic N) is 2. The van der Waals surface area contributed by atoms with E-state index in [1.54, 1.807) is 18.2 Å². The Morgan fingerprint density at radius 1 is 0.974 bits per heavy atom. The fourth-order valence-electron chi connectivity index (χ4n) is 5.44. The van der Waals surface area contributed by atoms with E-state index in [9.17, 15) is 14.7 Å². The van der Waals surface area contributed by atoms with Crippen LogP contribution in [0.1, 0.15) is 47.7 Å². The van der Waals surface area contributed by atoms with E-state index >= 15 is 0 Å². The number of hydrogen-bond donors (Lipinski definition) is 1. The highest BCUT2D eigenvalue weighted by Gasteiger charge is 2.48. The first-order valence-corrected chi connectivity index (χ1v) is 13.2.